The van der Waals surface area contributed by atoms with Crippen molar-refractivity contribution in [3.63, 3.8) is 0 Å². The molecule has 4 nitrogen and oxygen atoms in total. The van der Waals surface area contributed by atoms with Crippen molar-refractivity contribution in [2.75, 3.05) is 26.2 Å². The van der Waals surface area contributed by atoms with Gasteiger partial charge in [0, 0.05) is 36.8 Å². The number of rotatable bonds is 2. The minimum absolute atomic E-state index is 0.0652. The lowest BCUT2D eigenvalue weighted by Gasteiger charge is -2.35. The summed E-state index contributed by atoms with van der Waals surface area (Å²) in [5.41, 5.74) is 0.966. The first-order valence-electron chi connectivity index (χ1n) is 7.75. The predicted molar refractivity (Wildman–Crippen MR) is 99.7 cm³/mol. The van der Waals surface area contributed by atoms with Gasteiger partial charge in [-0.25, -0.2) is 0 Å². The fourth-order valence-electron chi connectivity index (χ4n) is 2.73. The molecule has 1 aliphatic heterocycles. The summed E-state index contributed by atoms with van der Waals surface area (Å²) in [7, 11) is 0. The van der Waals surface area contributed by atoms with Gasteiger partial charge in [-0.1, -0.05) is 40.9 Å². The van der Waals surface area contributed by atoms with Crippen LogP contribution in [0.5, 0.6) is 0 Å². The Hall–Kier alpha value is -1.75. The molecule has 0 spiro atoms. The lowest BCUT2D eigenvalue weighted by molar-refractivity contribution is 0.0535. The zero-order chi connectivity index (χ0) is 18.0. The molecule has 2 amide bonds. The summed E-state index contributed by atoms with van der Waals surface area (Å²) in [5.74, 6) is -0.240. The van der Waals surface area contributed by atoms with Gasteiger partial charge in [0.1, 0.15) is 0 Å². The molecule has 1 fully saturated rings. The SMILES string of the molecule is O=C(c1ccc(Cl)cc1)N1CCN(C(=O)c2cccc(Cl)c2Cl)CC1. The van der Waals surface area contributed by atoms with Gasteiger partial charge in [0.05, 0.1) is 15.6 Å². The second-order valence-electron chi connectivity index (χ2n) is 5.69. The number of piperazine rings is 1. The van der Waals surface area contributed by atoms with E-state index < -0.39 is 0 Å². The zero-order valence-corrected chi connectivity index (χ0v) is 15.5. The van der Waals surface area contributed by atoms with Gasteiger partial charge >= 0.3 is 0 Å². The van der Waals surface area contributed by atoms with Crippen molar-refractivity contribution >= 4 is 46.6 Å². The summed E-state index contributed by atoms with van der Waals surface area (Å²) in [6.07, 6.45) is 0. The smallest absolute Gasteiger partial charge is 0.255 e. The first-order valence-corrected chi connectivity index (χ1v) is 8.89. The second kappa shape index (κ2) is 7.65. The molecule has 1 saturated heterocycles. The van der Waals surface area contributed by atoms with E-state index in [0.29, 0.717) is 47.4 Å². The summed E-state index contributed by atoms with van der Waals surface area (Å²) in [5, 5.41) is 1.20. The number of nitrogens with zero attached hydrogens (tertiary/aromatic N) is 2. The van der Waals surface area contributed by atoms with Gasteiger partial charge in [-0.3, -0.25) is 9.59 Å². The van der Waals surface area contributed by atoms with Crippen LogP contribution in [-0.4, -0.2) is 47.8 Å². The minimum Gasteiger partial charge on any atom is -0.335 e. The Morgan fingerprint density at radius 2 is 1.32 bits per heavy atom. The monoisotopic (exact) mass is 396 g/mol. The van der Waals surface area contributed by atoms with Gasteiger partial charge < -0.3 is 9.80 Å². The molecule has 0 N–H and O–H groups in total. The molecule has 0 saturated carbocycles. The van der Waals surface area contributed by atoms with Crippen molar-refractivity contribution in [2.45, 2.75) is 0 Å². The maximum Gasteiger partial charge on any atom is 0.255 e. The Kier molecular flexibility index (Phi) is 5.52. The molecule has 0 aliphatic carbocycles. The first-order chi connectivity index (χ1) is 12.0. The molecule has 0 unspecified atom stereocenters. The van der Waals surface area contributed by atoms with Crippen LogP contribution in [-0.2, 0) is 0 Å². The average molecular weight is 398 g/mol. The Bertz CT molecular complexity index is 800. The summed E-state index contributed by atoms with van der Waals surface area (Å²) in [4.78, 5) is 28.5. The molecule has 7 heteroatoms. The standard InChI is InChI=1S/C18H15Cl3N2O2/c19-13-6-4-12(5-7-13)17(24)22-8-10-23(11-9-22)18(25)14-2-1-3-15(20)16(14)21/h1-7H,8-11H2. The highest BCUT2D eigenvalue weighted by Crippen LogP contribution is 2.27. The molecule has 2 aromatic carbocycles. The van der Waals surface area contributed by atoms with Crippen molar-refractivity contribution in [1.82, 2.24) is 9.80 Å². The molecule has 1 heterocycles. The third-order valence-corrected chi connectivity index (χ3v) is 5.20. The Balaban J connectivity index is 1.65. The highest BCUT2D eigenvalue weighted by Gasteiger charge is 2.26. The van der Waals surface area contributed by atoms with E-state index in [-0.39, 0.29) is 16.8 Å². The highest BCUT2D eigenvalue weighted by atomic mass is 35.5. The maximum absolute atomic E-state index is 12.6. The molecule has 2 aromatic rings. The Morgan fingerprint density at radius 3 is 1.92 bits per heavy atom. The van der Waals surface area contributed by atoms with E-state index in [1.54, 1.807) is 52.3 Å². The molecule has 130 valence electrons. The van der Waals surface area contributed by atoms with Crippen LogP contribution in [0.4, 0.5) is 0 Å². The van der Waals surface area contributed by atoms with Crippen LogP contribution in [0.3, 0.4) is 0 Å². The fourth-order valence-corrected chi connectivity index (χ4v) is 3.23. The van der Waals surface area contributed by atoms with E-state index in [9.17, 15) is 9.59 Å². The first kappa shape index (κ1) is 18.1. The number of hydrogen-bond acceptors (Lipinski definition) is 2. The molecule has 0 radical (unpaired) electrons. The topological polar surface area (TPSA) is 40.6 Å². The number of hydrogen-bond donors (Lipinski definition) is 0. The predicted octanol–water partition coefficient (Wildman–Crippen LogP) is 4.25. The summed E-state index contributed by atoms with van der Waals surface area (Å²) >= 11 is 17.9. The van der Waals surface area contributed by atoms with Crippen molar-refractivity contribution < 1.29 is 9.59 Å². The lowest BCUT2D eigenvalue weighted by Crippen LogP contribution is -2.50. The second-order valence-corrected chi connectivity index (χ2v) is 6.91. The number of halogens is 3. The molecule has 0 aromatic heterocycles. The molecular formula is C18H15Cl3N2O2. The molecule has 3 rings (SSSR count). The van der Waals surface area contributed by atoms with Crippen LogP contribution in [0.15, 0.2) is 42.5 Å². The van der Waals surface area contributed by atoms with E-state index in [1.807, 2.05) is 0 Å². The normalized spacial score (nSPS) is 14.5. The average Bonchev–Trinajstić information content (AvgIpc) is 2.64. The Labute approximate surface area is 160 Å². The van der Waals surface area contributed by atoms with Crippen LogP contribution >= 0.6 is 34.8 Å². The van der Waals surface area contributed by atoms with Gasteiger partial charge in [-0.05, 0) is 36.4 Å². The number of amides is 2. The van der Waals surface area contributed by atoms with E-state index in [2.05, 4.69) is 0 Å². The van der Waals surface area contributed by atoms with Crippen LogP contribution < -0.4 is 0 Å². The third kappa shape index (κ3) is 3.92. The van der Waals surface area contributed by atoms with Gasteiger partial charge in [-0.2, -0.15) is 0 Å². The van der Waals surface area contributed by atoms with Gasteiger partial charge in [0.25, 0.3) is 11.8 Å². The summed E-state index contributed by atoms with van der Waals surface area (Å²) in [6, 6.07) is 11.8. The van der Waals surface area contributed by atoms with Crippen molar-refractivity contribution in [1.29, 1.82) is 0 Å². The lowest BCUT2D eigenvalue weighted by atomic mass is 10.1. The van der Waals surface area contributed by atoms with E-state index >= 15 is 0 Å². The van der Waals surface area contributed by atoms with Gasteiger partial charge in [0.2, 0.25) is 0 Å². The zero-order valence-electron chi connectivity index (χ0n) is 13.2. The highest BCUT2D eigenvalue weighted by molar-refractivity contribution is 6.43. The minimum atomic E-state index is -0.175. The Morgan fingerprint density at radius 1 is 0.760 bits per heavy atom. The largest absolute Gasteiger partial charge is 0.335 e. The van der Waals surface area contributed by atoms with Crippen LogP contribution in [0, 0.1) is 0 Å². The molecule has 25 heavy (non-hydrogen) atoms. The molecule has 0 bridgehead atoms. The number of carbonyl (C=O) groups excluding carboxylic acids is 2. The maximum atomic E-state index is 12.6. The van der Waals surface area contributed by atoms with Crippen molar-refractivity contribution in [3.05, 3.63) is 68.7 Å². The van der Waals surface area contributed by atoms with Crippen LogP contribution in [0.25, 0.3) is 0 Å². The van der Waals surface area contributed by atoms with E-state index in [4.69, 9.17) is 34.8 Å². The van der Waals surface area contributed by atoms with Crippen LogP contribution in [0.1, 0.15) is 20.7 Å². The number of benzene rings is 2. The number of carbonyl (C=O) groups is 2. The molecular weight excluding hydrogens is 383 g/mol. The van der Waals surface area contributed by atoms with E-state index in [1.165, 1.54) is 0 Å². The van der Waals surface area contributed by atoms with Crippen molar-refractivity contribution in [3.8, 4) is 0 Å². The third-order valence-electron chi connectivity index (χ3n) is 4.13. The molecule has 0 atom stereocenters. The van der Waals surface area contributed by atoms with Gasteiger partial charge in [-0.15, -0.1) is 0 Å². The van der Waals surface area contributed by atoms with E-state index in [0.717, 1.165) is 0 Å². The molecule has 1 aliphatic rings. The van der Waals surface area contributed by atoms with Crippen molar-refractivity contribution in [2.24, 2.45) is 0 Å². The van der Waals surface area contributed by atoms with Crippen LogP contribution in [0.2, 0.25) is 15.1 Å². The van der Waals surface area contributed by atoms with Gasteiger partial charge in [0.15, 0.2) is 0 Å². The summed E-state index contributed by atoms with van der Waals surface area (Å²) < 4.78 is 0. The fraction of sp³-hybridized carbons (Fsp3) is 0.222. The quantitative estimate of drug-likeness (QED) is 0.760. The summed E-state index contributed by atoms with van der Waals surface area (Å²) in [6.45, 7) is 1.82.